The first kappa shape index (κ1) is 46.1. The van der Waals surface area contributed by atoms with Crippen LogP contribution in [-0.2, 0) is 14.4 Å². The third-order valence-corrected chi connectivity index (χ3v) is 15.4. The van der Waals surface area contributed by atoms with Crippen molar-refractivity contribution in [2.45, 2.75) is 84.4 Å². The van der Waals surface area contributed by atoms with Crippen molar-refractivity contribution >= 4 is 57.5 Å². The number of piperazine rings is 1. The molecule has 4 amide bonds. The third kappa shape index (κ3) is 9.20. The van der Waals surface area contributed by atoms with E-state index in [0.717, 1.165) is 87.6 Å². The smallest absolute Gasteiger partial charge is 0.278 e. The van der Waals surface area contributed by atoms with Crippen molar-refractivity contribution in [3.63, 3.8) is 0 Å². The fourth-order valence-electron chi connectivity index (χ4n) is 11.5. The third-order valence-electron chi connectivity index (χ3n) is 15.1. The molecule has 5 aliphatic rings. The van der Waals surface area contributed by atoms with Crippen LogP contribution in [0.5, 0.6) is 5.75 Å². The number of benzene rings is 3. The Morgan fingerprint density at radius 2 is 1.51 bits per heavy atom. The van der Waals surface area contributed by atoms with E-state index in [9.17, 15) is 29.2 Å². The predicted molar refractivity (Wildman–Crippen MR) is 254 cm³/mol. The molecule has 5 fully saturated rings. The highest BCUT2D eigenvalue weighted by Crippen LogP contribution is 2.55. The maximum absolute atomic E-state index is 13.7. The standard InChI is InChI=1S/C50H59ClN10O6/c1-49(2)47(50(3,4)48(49)67-37-11-7-34(29-52)39(51)28-37)54-43(63)32-5-8-35(9-6-32)59-25-23-57(24-26-59)30-31-15-19-60(20-16-31)45(65)33-17-21-58(22-18-33)36-10-12-40-38(27-36)46(66)61(56-55-40)41-13-14-42(62)53-44(41)64/h5-12,27-28,31,33,41,47-48H,13-26,30H2,1-4H3,(H,54,63)(H,53,62,64)/t41?,47-,48-. The van der Waals surface area contributed by atoms with Gasteiger partial charge < -0.3 is 24.8 Å². The molecule has 1 unspecified atom stereocenters. The molecule has 2 N–H and O–H groups in total. The summed E-state index contributed by atoms with van der Waals surface area (Å²) < 4.78 is 7.48. The van der Waals surface area contributed by atoms with Gasteiger partial charge in [0.25, 0.3) is 17.4 Å². The van der Waals surface area contributed by atoms with Crippen LogP contribution in [0.2, 0.25) is 5.02 Å². The number of hydrogen-bond acceptors (Lipinski definition) is 12. The van der Waals surface area contributed by atoms with Crippen LogP contribution in [0.1, 0.15) is 88.2 Å². The van der Waals surface area contributed by atoms with E-state index in [4.69, 9.17) is 16.3 Å². The number of nitrogens with one attached hydrogen (secondary N) is 2. The van der Waals surface area contributed by atoms with Crippen molar-refractivity contribution in [2.75, 3.05) is 68.7 Å². The van der Waals surface area contributed by atoms with Crippen molar-refractivity contribution in [1.29, 1.82) is 5.26 Å². The second-order valence-corrected chi connectivity index (χ2v) is 20.6. The van der Waals surface area contributed by atoms with Crippen LogP contribution in [-0.4, -0.2) is 119 Å². The van der Waals surface area contributed by atoms with Gasteiger partial charge in [-0.2, -0.15) is 9.94 Å². The molecule has 4 aromatic rings. The van der Waals surface area contributed by atoms with Gasteiger partial charge in [0.05, 0.1) is 16.0 Å². The molecule has 4 aliphatic heterocycles. The first-order chi connectivity index (χ1) is 32.1. The number of nitriles is 1. The summed E-state index contributed by atoms with van der Waals surface area (Å²) in [4.78, 5) is 74.0. The normalized spacial score (nSPS) is 23.6. The molecule has 1 aliphatic carbocycles. The Labute approximate surface area is 395 Å². The van der Waals surface area contributed by atoms with Gasteiger partial charge in [-0.15, -0.1) is 5.10 Å². The van der Waals surface area contributed by atoms with Gasteiger partial charge >= 0.3 is 0 Å². The van der Waals surface area contributed by atoms with Gasteiger partial charge in [-0.25, -0.2) is 0 Å². The summed E-state index contributed by atoms with van der Waals surface area (Å²) in [7, 11) is 0. The number of hydrogen-bond donors (Lipinski definition) is 2. The van der Waals surface area contributed by atoms with Gasteiger partial charge in [-0.05, 0) is 92.6 Å². The molecule has 5 heterocycles. The summed E-state index contributed by atoms with van der Waals surface area (Å²) in [6, 6.07) is 19.6. The highest BCUT2D eigenvalue weighted by Gasteiger charge is 2.64. The maximum Gasteiger partial charge on any atom is 0.278 e. The van der Waals surface area contributed by atoms with Crippen molar-refractivity contribution in [1.82, 2.24) is 35.4 Å². The Kier molecular flexibility index (Phi) is 12.8. The van der Waals surface area contributed by atoms with Crippen LogP contribution in [0.25, 0.3) is 10.9 Å². The highest BCUT2D eigenvalue weighted by molar-refractivity contribution is 6.31. The van der Waals surface area contributed by atoms with Crippen LogP contribution >= 0.6 is 11.6 Å². The Morgan fingerprint density at radius 1 is 0.836 bits per heavy atom. The number of nitrogens with zero attached hydrogens (tertiary/aromatic N) is 8. The van der Waals surface area contributed by atoms with Crippen LogP contribution < -0.4 is 30.7 Å². The van der Waals surface area contributed by atoms with Crippen molar-refractivity contribution < 1.29 is 23.9 Å². The molecule has 1 saturated carbocycles. The maximum atomic E-state index is 13.7. The first-order valence-corrected chi connectivity index (χ1v) is 24.0. The number of rotatable bonds is 10. The fraction of sp³-hybridized carbons (Fsp3) is 0.520. The molecular weight excluding hydrogens is 872 g/mol. The average molecular weight is 932 g/mol. The van der Waals surface area contributed by atoms with E-state index in [1.807, 2.05) is 30.3 Å². The number of imide groups is 1. The van der Waals surface area contributed by atoms with Gasteiger partial charge in [0.1, 0.15) is 29.5 Å². The predicted octanol–water partition coefficient (Wildman–Crippen LogP) is 5.18. The Morgan fingerprint density at radius 3 is 2.16 bits per heavy atom. The van der Waals surface area contributed by atoms with Gasteiger partial charge in [-0.1, -0.05) is 44.5 Å². The molecule has 9 rings (SSSR count). The monoisotopic (exact) mass is 930 g/mol. The van der Waals surface area contributed by atoms with E-state index in [0.29, 0.717) is 51.8 Å². The van der Waals surface area contributed by atoms with Gasteiger partial charge in [-0.3, -0.25) is 34.2 Å². The summed E-state index contributed by atoms with van der Waals surface area (Å²) in [6.45, 7) is 16.1. The molecular formula is C50H59ClN10O6. The number of aromatic nitrogens is 3. The molecule has 0 bridgehead atoms. The highest BCUT2D eigenvalue weighted by atomic mass is 35.5. The zero-order valence-corrected chi connectivity index (χ0v) is 39.4. The van der Waals surface area contributed by atoms with E-state index in [-0.39, 0.29) is 59.5 Å². The van der Waals surface area contributed by atoms with E-state index < -0.39 is 17.5 Å². The quantitative estimate of drug-likeness (QED) is 0.199. The van der Waals surface area contributed by atoms with Crippen LogP contribution in [0.4, 0.5) is 11.4 Å². The molecule has 1 aromatic heterocycles. The minimum absolute atomic E-state index is 0.0295. The number of carbonyl (C=O) groups is 4. The Balaban J connectivity index is 0.699. The molecule has 352 valence electrons. The van der Waals surface area contributed by atoms with Gasteiger partial charge in [0, 0.05) is 111 Å². The number of amides is 4. The lowest BCUT2D eigenvalue weighted by atomic mass is 9.49. The molecule has 0 spiro atoms. The second-order valence-electron chi connectivity index (χ2n) is 20.2. The lowest BCUT2D eigenvalue weighted by Crippen LogP contribution is -2.74. The molecule has 16 nitrogen and oxygen atoms in total. The number of fused-ring (bicyclic) bond motifs is 1. The zero-order chi connectivity index (χ0) is 47.2. The van der Waals surface area contributed by atoms with Crippen LogP contribution in [0, 0.1) is 34.0 Å². The molecule has 4 saturated heterocycles. The number of carbonyl (C=O) groups excluding carboxylic acids is 4. The van der Waals surface area contributed by atoms with E-state index in [1.54, 1.807) is 30.3 Å². The summed E-state index contributed by atoms with van der Waals surface area (Å²) in [5.74, 6) is 0.348. The zero-order valence-electron chi connectivity index (χ0n) is 38.7. The number of halogens is 1. The van der Waals surface area contributed by atoms with Crippen molar-refractivity contribution in [2.24, 2.45) is 22.7 Å². The largest absolute Gasteiger partial charge is 0.489 e. The number of likely N-dealkylation sites (tertiary alicyclic amines) is 1. The van der Waals surface area contributed by atoms with Crippen molar-refractivity contribution in [3.8, 4) is 11.8 Å². The average Bonchev–Trinajstić information content (AvgIpc) is 3.33. The first-order valence-electron chi connectivity index (χ1n) is 23.6. The van der Waals surface area contributed by atoms with E-state index in [1.165, 1.54) is 0 Å². The van der Waals surface area contributed by atoms with Crippen LogP contribution in [0.15, 0.2) is 65.5 Å². The summed E-state index contributed by atoms with van der Waals surface area (Å²) >= 11 is 6.27. The molecule has 1 atom stereocenters. The lowest BCUT2D eigenvalue weighted by molar-refractivity contribution is -0.164. The summed E-state index contributed by atoms with van der Waals surface area (Å²) in [5.41, 5.74) is 2.31. The van der Waals surface area contributed by atoms with Crippen LogP contribution in [0.3, 0.4) is 0 Å². The van der Waals surface area contributed by atoms with E-state index >= 15 is 0 Å². The molecule has 67 heavy (non-hydrogen) atoms. The van der Waals surface area contributed by atoms with Crippen molar-refractivity contribution in [3.05, 3.63) is 87.2 Å². The fourth-order valence-corrected chi connectivity index (χ4v) is 11.7. The molecule has 0 radical (unpaired) electrons. The Hall–Kier alpha value is -6.05. The number of anilines is 2. The van der Waals surface area contributed by atoms with Gasteiger partial charge in [0.2, 0.25) is 11.8 Å². The minimum atomic E-state index is -0.879. The summed E-state index contributed by atoms with van der Waals surface area (Å²) in [5, 5.41) is 23.7. The number of piperidine rings is 3. The number of ether oxygens (including phenoxy) is 1. The Bertz CT molecular complexity index is 2640. The molecule has 17 heteroatoms. The lowest BCUT2D eigenvalue weighted by Gasteiger charge is -2.63. The molecule has 3 aromatic carbocycles. The second kappa shape index (κ2) is 18.6. The summed E-state index contributed by atoms with van der Waals surface area (Å²) in [6.07, 6.45) is 3.62. The van der Waals surface area contributed by atoms with Gasteiger partial charge in [0.15, 0.2) is 0 Å². The van der Waals surface area contributed by atoms with E-state index in [2.05, 4.69) is 74.3 Å². The SMILES string of the molecule is CC1(C)[C@H](NC(=O)c2ccc(N3CCN(CC4CCN(C(=O)C5CCN(c6ccc7nnn(C8CCC(=O)NC8=O)c(=O)c7c6)CC5)CC4)CC3)cc2)C(C)(C)[C@H]1Oc1ccc(C#N)c(Cl)c1. The topological polar surface area (TPSA) is 186 Å². The minimum Gasteiger partial charge on any atom is -0.489 e.